The van der Waals surface area contributed by atoms with Gasteiger partial charge in [-0.1, -0.05) is 6.92 Å². The van der Waals surface area contributed by atoms with Gasteiger partial charge >= 0.3 is 12.0 Å². The van der Waals surface area contributed by atoms with Crippen LogP contribution in [-0.4, -0.2) is 62.3 Å². The number of ether oxygens (including phenoxy) is 4. The highest BCUT2D eigenvalue weighted by Crippen LogP contribution is 2.36. The maximum Gasteiger partial charge on any atom is 0.344 e. The van der Waals surface area contributed by atoms with Crippen molar-refractivity contribution in [3.05, 3.63) is 23.8 Å². The minimum atomic E-state index is -0.977. The van der Waals surface area contributed by atoms with Crippen molar-refractivity contribution in [1.82, 2.24) is 15.8 Å². The van der Waals surface area contributed by atoms with E-state index >= 15 is 0 Å². The monoisotopic (exact) mass is 475 g/mol. The van der Waals surface area contributed by atoms with Crippen molar-refractivity contribution in [2.75, 3.05) is 27.9 Å². The molecule has 2 N–H and O–H groups in total. The van der Waals surface area contributed by atoms with Crippen molar-refractivity contribution in [1.29, 1.82) is 0 Å². The normalized spacial score (nSPS) is 22.0. The Hall–Kier alpha value is -3.76. The molecule has 0 bridgehead atoms. The number of amides is 4. The van der Waals surface area contributed by atoms with Crippen molar-refractivity contribution in [3.8, 4) is 17.2 Å². The number of imide groups is 1. The summed E-state index contributed by atoms with van der Waals surface area (Å²) < 4.78 is 20.7. The molecule has 0 aromatic heterocycles. The number of methoxy groups -OCH3 is 3. The van der Waals surface area contributed by atoms with Crippen LogP contribution in [0.1, 0.15) is 38.2 Å². The van der Waals surface area contributed by atoms with Gasteiger partial charge in [0.15, 0.2) is 18.1 Å². The Balaban J connectivity index is 1.55. The molecule has 0 radical (unpaired) electrons. The number of rotatable bonds is 8. The van der Waals surface area contributed by atoms with Gasteiger partial charge in [0.1, 0.15) is 11.3 Å². The Morgan fingerprint density at radius 2 is 1.71 bits per heavy atom. The van der Waals surface area contributed by atoms with Gasteiger partial charge in [-0.2, -0.15) is 5.01 Å². The first-order valence-electron chi connectivity index (χ1n) is 10.8. The second-order valence-corrected chi connectivity index (χ2v) is 8.26. The lowest BCUT2D eigenvalue weighted by Crippen LogP contribution is -2.52. The zero-order valence-corrected chi connectivity index (χ0v) is 19.6. The molecular weight excluding hydrogens is 446 g/mol. The van der Waals surface area contributed by atoms with Crippen LogP contribution in [0.2, 0.25) is 0 Å². The van der Waals surface area contributed by atoms with E-state index in [9.17, 15) is 19.2 Å². The van der Waals surface area contributed by atoms with Crippen molar-refractivity contribution in [2.24, 2.45) is 5.92 Å². The molecule has 1 heterocycles. The quantitative estimate of drug-likeness (QED) is 0.330. The number of hydrogen-bond acceptors (Lipinski definition) is 8. The topological polar surface area (TPSA) is 132 Å². The van der Waals surface area contributed by atoms with Crippen LogP contribution in [0.3, 0.4) is 0 Å². The molecule has 3 rings (SSSR count). The number of urea groups is 1. The van der Waals surface area contributed by atoms with E-state index in [2.05, 4.69) is 17.7 Å². The summed E-state index contributed by atoms with van der Waals surface area (Å²) in [6.07, 6.45) is 5.20. The number of hydrazine groups is 1. The Labute approximate surface area is 197 Å². The third-order valence-electron chi connectivity index (χ3n) is 6.01. The summed E-state index contributed by atoms with van der Waals surface area (Å²) in [6, 6.07) is 2.53. The molecule has 1 aliphatic heterocycles. The summed E-state index contributed by atoms with van der Waals surface area (Å²) in [5, 5.41) is 3.36. The summed E-state index contributed by atoms with van der Waals surface area (Å²) in [4.78, 5) is 49.3. The van der Waals surface area contributed by atoms with Gasteiger partial charge in [0.2, 0.25) is 0 Å². The van der Waals surface area contributed by atoms with Crippen molar-refractivity contribution < 1.29 is 38.1 Å². The highest BCUT2D eigenvalue weighted by molar-refractivity contribution is 6.08. The standard InChI is InChI=1S/C23H29N3O8/c1-14-7-9-23(10-8-14)21(29)26(22(30)24-23)25-19(27)13-34-20(28)6-5-15-11-17(32-3)18(33-4)12-16(15)31-2/h5-6,11-12,14H,7-10,13H2,1-4H3,(H,24,30)(H,25,27)/b6-5+. The summed E-state index contributed by atoms with van der Waals surface area (Å²) in [7, 11) is 4.44. The van der Waals surface area contributed by atoms with Crippen molar-refractivity contribution >= 4 is 29.9 Å². The minimum absolute atomic E-state index is 0.434. The summed E-state index contributed by atoms with van der Waals surface area (Å²) in [5.41, 5.74) is 1.76. The van der Waals surface area contributed by atoms with Crippen LogP contribution in [0.4, 0.5) is 4.79 Å². The van der Waals surface area contributed by atoms with Crippen molar-refractivity contribution in [2.45, 2.75) is 38.1 Å². The van der Waals surface area contributed by atoms with Crippen LogP contribution in [-0.2, 0) is 19.1 Å². The van der Waals surface area contributed by atoms with E-state index in [0.717, 1.165) is 18.9 Å². The molecule has 11 nitrogen and oxygen atoms in total. The predicted molar refractivity (Wildman–Crippen MR) is 120 cm³/mol. The molecule has 11 heteroatoms. The molecule has 1 aromatic rings. The molecular formula is C23H29N3O8. The maximum absolute atomic E-state index is 12.8. The van der Waals surface area contributed by atoms with Gasteiger partial charge < -0.3 is 24.3 Å². The lowest BCUT2D eigenvalue weighted by molar-refractivity contribution is -0.147. The summed E-state index contributed by atoms with van der Waals surface area (Å²) in [5.74, 6) is -0.300. The van der Waals surface area contributed by atoms with Gasteiger partial charge in [-0.05, 0) is 43.7 Å². The number of carbonyl (C=O) groups excluding carboxylic acids is 4. The van der Waals surface area contributed by atoms with Gasteiger partial charge in [0.05, 0.1) is 21.3 Å². The average Bonchev–Trinajstić information content (AvgIpc) is 3.06. The average molecular weight is 475 g/mol. The molecule has 1 aromatic carbocycles. The summed E-state index contributed by atoms with van der Waals surface area (Å²) in [6.45, 7) is 1.42. The van der Waals surface area contributed by atoms with E-state index < -0.39 is 36.0 Å². The molecule has 4 amide bonds. The van der Waals surface area contributed by atoms with Crippen LogP contribution in [0.15, 0.2) is 18.2 Å². The van der Waals surface area contributed by atoms with E-state index in [-0.39, 0.29) is 0 Å². The van der Waals surface area contributed by atoms with Gasteiger partial charge in [-0.3, -0.25) is 15.0 Å². The number of hydrogen-bond donors (Lipinski definition) is 2. The molecule has 34 heavy (non-hydrogen) atoms. The van der Waals surface area contributed by atoms with E-state index in [0.29, 0.717) is 46.6 Å². The first-order chi connectivity index (χ1) is 16.2. The second-order valence-electron chi connectivity index (χ2n) is 8.26. The predicted octanol–water partition coefficient (Wildman–Crippen LogP) is 1.80. The number of nitrogens with zero attached hydrogens (tertiary/aromatic N) is 1. The van der Waals surface area contributed by atoms with Crippen LogP contribution in [0.25, 0.3) is 6.08 Å². The Morgan fingerprint density at radius 1 is 1.09 bits per heavy atom. The Morgan fingerprint density at radius 3 is 2.32 bits per heavy atom. The first-order valence-corrected chi connectivity index (χ1v) is 10.8. The molecule has 2 fully saturated rings. The SMILES string of the molecule is COc1cc(OC)c(OC)cc1/C=C/C(=O)OCC(=O)NN1C(=O)NC2(CCC(C)CC2)C1=O. The molecule has 2 aliphatic rings. The fraction of sp³-hybridized carbons (Fsp3) is 0.478. The van der Waals surface area contributed by atoms with E-state index in [1.165, 1.54) is 27.4 Å². The number of nitrogens with one attached hydrogen (secondary N) is 2. The number of carbonyl (C=O) groups is 4. The lowest BCUT2D eigenvalue weighted by Gasteiger charge is -2.33. The highest BCUT2D eigenvalue weighted by Gasteiger charge is 2.52. The fourth-order valence-electron chi connectivity index (χ4n) is 4.00. The van der Waals surface area contributed by atoms with Crippen LogP contribution in [0, 0.1) is 5.92 Å². The molecule has 0 unspecified atom stereocenters. The first kappa shape index (κ1) is 24.9. The molecule has 1 spiro atoms. The van der Waals surface area contributed by atoms with Crippen LogP contribution >= 0.6 is 0 Å². The molecule has 0 atom stereocenters. The molecule has 1 aliphatic carbocycles. The zero-order chi connectivity index (χ0) is 24.9. The highest BCUT2D eigenvalue weighted by atomic mass is 16.5. The Kier molecular flexibility index (Phi) is 7.64. The van der Waals surface area contributed by atoms with Crippen LogP contribution < -0.4 is 25.0 Å². The summed E-state index contributed by atoms with van der Waals surface area (Å²) >= 11 is 0. The van der Waals surface area contributed by atoms with E-state index in [1.54, 1.807) is 12.1 Å². The zero-order valence-electron chi connectivity index (χ0n) is 19.6. The third-order valence-corrected chi connectivity index (χ3v) is 6.01. The minimum Gasteiger partial charge on any atom is -0.496 e. The second kappa shape index (κ2) is 10.4. The Bertz CT molecular complexity index is 998. The van der Waals surface area contributed by atoms with Gasteiger partial charge in [-0.25, -0.2) is 9.59 Å². The maximum atomic E-state index is 12.8. The molecule has 1 saturated heterocycles. The third kappa shape index (κ3) is 5.24. The van der Waals surface area contributed by atoms with Gasteiger partial charge in [0, 0.05) is 17.7 Å². The smallest absolute Gasteiger partial charge is 0.344 e. The molecule has 1 saturated carbocycles. The lowest BCUT2D eigenvalue weighted by atomic mass is 9.77. The van der Waals surface area contributed by atoms with Gasteiger partial charge in [-0.15, -0.1) is 0 Å². The van der Waals surface area contributed by atoms with Crippen LogP contribution in [0.5, 0.6) is 17.2 Å². The molecule has 184 valence electrons. The largest absolute Gasteiger partial charge is 0.496 e. The van der Waals surface area contributed by atoms with Gasteiger partial charge in [0.25, 0.3) is 11.8 Å². The van der Waals surface area contributed by atoms with Crippen molar-refractivity contribution in [3.63, 3.8) is 0 Å². The number of esters is 1. The van der Waals surface area contributed by atoms with E-state index in [1.807, 2.05) is 0 Å². The van der Waals surface area contributed by atoms with E-state index in [4.69, 9.17) is 18.9 Å². The number of benzene rings is 1. The fourth-order valence-corrected chi connectivity index (χ4v) is 4.00.